The number of methoxy groups -OCH3 is 1. The lowest BCUT2D eigenvalue weighted by molar-refractivity contribution is 0.0556. The number of carbonyl (C=O) groups excluding carboxylic acids is 2. The summed E-state index contributed by atoms with van der Waals surface area (Å²) in [5.41, 5.74) is 1.78. The highest BCUT2D eigenvalue weighted by atomic mass is 32.2. The average molecular weight is 452 g/mol. The molecule has 32 heavy (non-hydrogen) atoms. The van der Waals surface area contributed by atoms with Gasteiger partial charge in [0.05, 0.1) is 7.11 Å². The van der Waals surface area contributed by atoms with Crippen molar-refractivity contribution in [3.05, 3.63) is 41.9 Å². The van der Waals surface area contributed by atoms with Gasteiger partial charge in [0.25, 0.3) is 5.91 Å². The molecule has 1 saturated heterocycles. The summed E-state index contributed by atoms with van der Waals surface area (Å²) in [5, 5.41) is 8.31. The number of fused-ring (bicyclic) bond motifs is 3. The first-order chi connectivity index (χ1) is 15.6. The summed E-state index contributed by atoms with van der Waals surface area (Å²) >= 11 is 1.46. The smallest absolute Gasteiger partial charge is 0.396 e. The number of nitrogens with zero attached hydrogens (tertiary/aromatic N) is 6. The number of ether oxygens (including phenoxy) is 1. The van der Waals surface area contributed by atoms with Crippen LogP contribution in [0.1, 0.15) is 33.9 Å². The second-order valence-electron chi connectivity index (χ2n) is 7.45. The van der Waals surface area contributed by atoms with E-state index in [1.807, 2.05) is 18.4 Å². The molecule has 2 aliphatic rings. The molecular weight excluding hydrogens is 432 g/mol. The van der Waals surface area contributed by atoms with Crippen molar-refractivity contribution in [1.29, 1.82) is 0 Å². The maximum atomic E-state index is 13.5. The number of anilines is 2. The third-order valence-corrected chi connectivity index (χ3v) is 6.20. The lowest BCUT2D eigenvalue weighted by atomic mass is 10.1. The highest BCUT2D eigenvalue weighted by Gasteiger charge is 2.37. The average Bonchev–Trinajstić information content (AvgIpc) is 3.49. The van der Waals surface area contributed by atoms with E-state index in [2.05, 4.69) is 29.8 Å². The van der Waals surface area contributed by atoms with Gasteiger partial charge in [-0.05, 0) is 37.3 Å². The standard InChI is InChI=1S/C21H20N6O4S/c1-30-20(29)18-25-24-17(31-18)12-5-3-6-13(9-12)27-11-14-7-4-8-26(14)16-15(19(27)28)10-22-21(23-16)32-2/h3,5-6,9-10,14H,4,7-8,11H2,1-2H3. The topological polar surface area (TPSA) is 115 Å². The van der Waals surface area contributed by atoms with Gasteiger partial charge in [0.2, 0.25) is 5.89 Å². The van der Waals surface area contributed by atoms with E-state index in [0.717, 1.165) is 19.4 Å². The summed E-state index contributed by atoms with van der Waals surface area (Å²) in [6.07, 6.45) is 5.56. The fraction of sp³-hybridized carbons (Fsp3) is 0.333. The first-order valence-corrected chi connectivity index (χ1v) is 11.3. The van der Waals surface area contributed by atoms with Gasteiger partial charge in [-0.15, -0.1) is 10.2 Å². The van der Waals surface area contributed by atoms with E-state index in [1.54, 1.807) is 23.2 Å². The summed E-state index contributed by atoms with van der Waals surface area (Å²) in [4.78, 5) is 38.1. The van der Waals surface area contributed by atoms with Crippen molar-refractivity contribution in [3.63, 3.8) is 0 Å². The van der Waals surface area contributed by atoms with Crippen LogP contribution in [-0.4, -0.2) is 64.5 Å². The summed E-state index contributed by atoms with van der Waals surface area (Å²) < 4.78 is 10.1. The van der Waals surface area contributed by atoms with Crippen LogP contribution in [0.2, 0.25) is 0 Å². The summed E-state index contributed by atoms with van der Waals surface area (Å²) in [7, 11) is 1.24. The maximum Gasteiger partial charge on any atom is 0.396 e. The van der Waals surface area contributed by atoms with Crippen LogP contribution in [0, 0.1) is 0 Å². The Hall–Kier alpha value is -3.47. The molecule has 11 heteroatoms. The fourth-order valence-corrected chi connectivity index (χ4v) is 4.44. The lowest BCUT2D eigenvalue weighted by Crippen LogP contribution is -2.39. The molecule has 1 unspecified atom stereocenters. The van der Waals surface area contributed by atoms with E-state index >= 15 is 0 Å². The van der Waals surface area contributed by atoms with Gasteiger partial charge in [-0.25, -0.2) is 14.8 Å². The number of hydrogen-bond acceptors (Lipinski definition) is 10. The van der Waals surface area contributed by atoms with E-state index in [0.29, 0.717) is 34.3 Å². The Morgan fingerprint density at radius 1 is 1.31 bits per heavy atom. The molecule has 10 nitrogen and oxygen atoms in total. The Kier molecular flexibility index (Phi) is 5.25. The number of thioether (sulfide) groups is 1. The van der Waals surface area contributed by atoms with Gasteiger partial charge in [0.1, 0.15) is 11.4 Å². The Balaban J connectivity index is 1.53. The fourth-order valence-electron chi connectivity index (χ4n) is 4.11. The minimum absolute atomic E-state index is 0.153. The molecule has 5 rings (SSSR count). The van der Waals surface area contributed by atoms with Crippen LogP contribution in [-0.2, 0) is 4.74 Å². The molecule has 0 aliphatic carbocycles. The van der Waals surface area contributed by atoms with Gasteiger partial charge < -0.3 is 19.0 Å². The maximum absolute atomic E-state index is 13.5. The predicted molar refractivity (Wildman–Crippen MR) is 117 cm³/mol. The van der Waals surface area contributed by atoms with E-state index in [9.17, 15) is 9.59 Å². The molecule has 164 valence electrons. The minimum Gasteiger partial charge on any atom is -0.462 e. The van der Waals surface area contributed by atoms with Gasteiger partial charge in [0.15, 0.2) is 5.16 Å². The van der Waals surface area contributed by atoms with Crippen LogP contribution < -0.4 is 9.80 Å². The van der Waals surface area contributed by atoms with Crippen molar-refractivity contribution in [1.82, 2.24) is 20.2 Å². The SMILES string of the molecule is COC(=O)c1nnc(-c2cccc(N3CC4CCCN4c4nc(SC)ncc4C3=O)c2)o1. The molecule has 3 aromatic rings. The molecule has 0 bridgehead atoms. The molecule has 0 saturated carbocycles. The highest BCUT2D eigenvalue weighted by Crippen LogP contribution is 2.35. The molecule has 0 N–H and O–H groups in total. The largest absolute Gasteiger partial charge is 0.462 e. The van der Waals surface area contributed by atoms with Crippen LogP contribution in [0.15, 0.2) is 40.0 Å². The highest BCUT2D eigenvalue weighted by molar-refractivity contribution is 7.98. The van der Waals surface area contributed by atoms with Crippen LogP contribution in [0.5, 0.6) is 0 Å². The zero-order valence-electron chi connectivity index (χ0n) is 17.5. The van der Waals surface area contributed by atoms with Crippen LogP contribution in [0.25, 0.3) is 11.5 Å². The second kappa shape index (κ2) is 8.23. The molecular formula is C21H20N6O4S. The van der Waals surface area contributed by atoms with Crippen molar-refractivity contribution in [2.45, 2.75) is 24.0 Å². The molecule has 1 atom stereocenters. The summed E-state index contributed by atoms with van der Waals surface area (Å²) in [5.74, 6) is -0.207. The lowest BCUT2D eigenvalue weighted by Gasteiger charge is -2.27. The number of aromatic nitrogens is 4. The zero-order chi connectivity index (χ0) is 22.2. The molecule has 1 aromatic carbocycles. The molecule has 2 aliphatic heterocycles. The summed E-state index contributed by atoms with van der Waals surface area (Å²) in [6, 6.07) is 7.42. The number of esters is 1. The van der Waals surface area contributed by atoms with Gasteiger partial charge in [-0.3, -0.25) is 4.79 Å². The Bertz CT molecular complexity index is 1200. The van der Waals surface area contributed by atoms with Crippen LogP contribution in [0.4, 0.5) is 11.5 Å². The monoisotopic (exact) mass is 452 g/mol. The number of amides is 1. The van der Waals surface area contributed by atoms with E-state index in [1.165, 1.54) is 18.9 Å². The van der Waals surface area contributed by atoms with Crippen molar-refractivity contribution in [2.24, 2.45) is 0 Å². The quantitative estimate of drug-likeness (QED) is 0.332. The van der Waals surface area contributed by atoms with Crippen LogP contribution >= 0.6 is 11.8 Å². The number of hydrogen-bond donors (Lipinski definition) is 0. The number of rotatable bonds is 4. The predicted octanol–water partition coefficient (Wildman–Crippen LogP) is 2.66. The first kappa shape index (κ1) is 20.4. The first-order valence-electron chi connectivity index (χ1n) is 10.1. The molecule has 4 heterocycles. The van der Waals surface area contributed by atoms with Crippen molar-refractivity contribution in [3.8, 4) is 11.5 Å². The van der Waals surface area contributed by atoms with Gasteiger partial charge in [-0.2, -0.15) is 0 Å². The number of carbonyl (C=O) groups is 2. The minimum atomic E-state index is -0.704. The number of benzene rings is 1. The van der Waals surface area contributed by atoms with E-state index < -0.39 is 5.97 Å². The molecule has 0 radical (unpaired) electrons. The normalized spacial score (nSPS) is 17.7. The van der Waals surface area contributed by atoms with Gasteiger partial charge >= 0.3 is 11.9 Å². The Morgan fingerprint density at radius 3 is 3.00 bits per heavy atom. The van der Waals surface area contributed by atoms with Crippen molar-refractivity contribution >= 4 is 35.1 Å². The van der Waals surface area contributed by atoms with Crippen LogP contribution in [0.3, 0.4) is 0 Å². The third kappa shape index (κ3) is 3.48. The van der Waals surface area contributed by atoms with Gasteiger partial charge in [0, 0.05) is 36.6 Å². The molecule has 2 aromatic heterocycles. The molecule has 1 fully saturated rings. The molecule has 1 amide bonds. The zero-order valence-corrected chi connectivity index (χ0v) is 18.3. The second-order valence-corrected chi connectivity index (χ2v) is 8.23. The molecule has 0 spiro atoms. The Labute approximate surface area is 188 Å². The Morgan fingerprint density at radius 2 is 2.19 bits per heavy atom. The van der Waals surface area contributed by atoms with E-state index in [4.69, 9.17) is 4.42 Å². The summed E-state index contributed by atoms with van der Waals surface area (Å²) in [6.45, 7) is 1.40. The third-order valence-electron chi connectivity index (χ3n) is 5.64. The van der Waals surface area contributed by atoms with Gasteiger partial charge in [-0.1, -0.05) is 17.8 Å². The van der Waals surface area contributed by atoms with Crippen molar-refractivity contribution < 1.29 is 18.7 Å². The van der Waals surface area contributed by atoms with E-state index in [-0.39, 0.29) is 23.7 Å². The van der Waals surface area contributed by atoms with Crippen molar-refractivity contribution in [2.75, 3.05) is 36.3 Å².